The van der Waals surface area contributed by atoms with E-state index in [1.807, 2.05) is 6.92 Å². The molecule has 1 saturated carbocycles. The van der Waals surface area contributed by atoms with E-state index in [4.69, 9.17) is 5.73 Å². The molecule has 0 radical (unpaired) electrons. The van der Waals surface area contributed by atoms with Crippen molar-refractivity contribution in [2.75, 3.05) is 0 Å². The van der Waals surface area contributed by atoms with Gasteiger partial charge in [-0.05, 0) is 25.8 Å². The second-order valence-corrected chi connectivity index (χ2v) is 5.29. The maximum atomic E-state index is 9.54. The maximum Gasteiger partial charge on any atom is 0.0658 e. The lowest BCUT2D eigenvalue weighted by molar-refractivity contribution is -0.0361. The van der Waals surface area contributed by atoms with Crippen molar-refractivity contribution in [1.82, 2.24) is 5.32 Å². The second-order valence-electron chi connectivity index (χ2n) is 4.27. The maximum absolute atomic E-state index is 9.54. The molecule has 0 spiro atoms. The number of hydrogen-bond donors (Lipinski definition) is 3. The molecule has 0 unspecified atom stereocenters. The molecule has 0 amide bonds. The van der Waals surface area contributed by atoms with Crippen LogP contribution in [0.25, 0.3) is 0 Å². The third-order valence-electron chi connectivity index (χ3n) is 2.41. The number of nitrogens with one attached hydrogen (secondary N) is 1. The Labute approximate surface area is 98.9 Å². The molecule has 0 bridgehead atoms. The van der Waals surface area contributed by atoms with Crippen LogP contribution >= 0.6 is 15.9 Å². The number of rotatable bonds is 4. The summed E-state index contributed by atoms with van der Waals surface area (Å²) in [6.07, 6.45) is 3.16. The first-order valence-corrected chi connectivity index (χ1v) is 5.59. The van der Waals surface area contributed by atoms with Crippen molar-refractivity contribution in [2.45, 2.75) is 31.4 Å². The lowest BCUT2D eigenvalue weighted by Gasteiger charge is -2.42. The Morgan fingerprint density at radius 1 is 1.60 bits per heavy atom. The van der Waals surface area contributed by atoms with Gasteiger partial charge in [0.25, 0.3) is 0 Å². The van der Waals surface area contributed by atoms with Crippen LogP contribution in [0, 0.1) is 0 Å². The zero-order valence-electron chi connectivity index (χ0n) is 8.89. The van der Waals surface area contributed by atoms with Crippen molar-refractivity contribution in [2.24, 2.45) is 5.73 Å². The van der Waals surface area contributed by atoms with E-state index in [1.54, 1.807) is 6.08 Å². The zero-order chi connectivity index (χ0) is 11.6. The summed E-state index contributed by atoms with van der Waals surface area (Å²) in [5.41, 5.74) is 6.46. The minimum Gasteiger partial charge on any atom is -0.397 e. The lowest BCUT2D eigenvalue weighted by Crippen LogP contribution is -2.51. The van der Waals surface area contributed by atoms with E-state index in [9.17, 15) is 5.11 Å². The van der Waals surface area contributed by atoms with Crippen LogP contribution in [0.4, 0.5) is 0 Å². The summed E-state index contributed by atoms with van der Waals surface area (Å²) in [5, 5.41) is 12.7. The summed E-state index contributed by atoms with van der Waals surface area (Å²) in [6.45, 7) is 9.32. The summed E-state index contributed by atoms with van der Waals surface area (Å²) in [6, 6.07) is 0.267. The van der Waals surface area contributed by atoms with Crippen LogP contribution in [0.1, 0.15) is 19.8 Å². The highest BCUT2D eigenvalue weighted by atomic mass is 79.9. The topological polar surface area (TPSA) is 58.3 Å². The number of nitrogens with two attached hydrogens (primary N) is 1. The number of allylic oxidation sites excluding steroid dienone is 2. The van der Waals surface area contributed by atoms with Gasteiger partial charge in [0.05, 0.1) is 17.0 Å². The first-order valence-electron chi connectivity index (χ1n) is 4.80. The molecule has 3 nitrogen and oxygen atoms in total. The second kappa shape index (κ2) is 4.41. The van der Waals surface area contributed by atoms with E-state index in [2.05, 4.69) is 34.4 Å². The Morgan fingerprint density at radius 2 is 2.13 bits per heavy atom. The smallest absolute Gasteiger partial charge is 0.0658 e. The predicted octanol–water partition coefficient (Wildman–Crippen LogP) is 1.75. The van der Waals surface area contributed by atoms with Crippen molar-refractivity contribution >= 4 is 15.9 Å². The van der Waals surface area contributed by atoms with Crippen LogP contribution in [-0.4, -0.2) is 16.7 Å². The van der Waals surface area contributed by atoms with Crippen molar-refractivity contribution < 1.29 is 5.11 Å². The predicted molar refractivity (Wildman–Crippen MR) is 66.3 cm³/mol. The minimum absolute atomic E-state index is 0.267. The van der Waals surface area contributed by atoms with Crippen molar-refractivity contribution in [3.63, 3.8) is 0 Å². The normalized spacial score (nSPS) is 30.6. The van der Waals surface area contributed by atoms with Gasteiger partial charge in [0, 0.05) is 10.5 Å². The number of aliphatic hydroxyl groups is 1. The largest absolute Gasteiger partial charge is 0.397 e. The van der Waals surface area contributed by atoms with E-state index in [0.717, 1.165) is 12.8 Å². The average Bonchev–Trinajstić information content (AvgIpc) is 1.99. The number of halogens is 1. The minimum atomic E-state index is -0.532. The molecule has 0 aromatic rings. The highest BCUT2D eigenvalue weighted by molar-refractivity contribution is 9.11. The van der Waals surface area contributed by atoms with Gasteiger partial charge in [-0.3, -0.25) is 0 Å². The van der Waals surface area contributed by atoms with Crippen LogP contribution < -0.4 is 11.1 Å². The lowest BCUT2D eigenvalue weighted by atomic mass is 9.77. The number of hydrogen-bond acceptors (Lipinski definition) is 3. The fourth-order valence-electron chi connectivity index (χ4n) is 1.69. The molecule has 0 saturated heterocycles. The molecule has 0 aromatic heterocycles. The molecule has 0 heterocycles. The van der Waals surface area contributed by atoms with Gasteiger partial charge in [0.15, 0.2) is 0 Å². The summed E-state index contributed by atoms with van der Waals surface area (Å²) < 4.78 is 0.712. The Morgan fingerprint density at radius 3 is 2.53 bits per heavy atom. The third-order valence-corrected chi connectivity index (χ3v) is 2.64. The van der Waals surface area contributed by atoms with Crippen LogP contribution in [0.2, 0.25) is 0 Å². The van der Waals surface area contributed by atoms with Gasteiger partial charge in [0.2, 0.25) is 0 Å². The molecule has 1 aliphatic carbocycles. The third kappa shape index (κ3) is 3.72. The summed E-state index contributed by atoms with van der Waals surface area (Å²) in [5.74, 6) is 0. The summed E-state index contributed by atoms with van der Waals surface area (Å²) >= 11 is 3.20. The van der Waals surface area contributed by atoms with E-state index in [0.29, 0.717) is 15.9 Å². The quantitative estimate of drug-likeness (QED) is 0.684. The van der Waals surface area contributed by atoms with Crippen LogP contribution in [0.3, 0.4) is 0 Å². The van der Waals surface area contributed by atoms with Gasteiger partial charge in [-0.1, -0.05) is 29.1 Å². The molecule has 84 valence electrons. The van der Waals surface area contributed by atoms with Gasteiger partial charge < -0.3 is 16.2 Å². The van der Waals surface area contributed by atoms with Crippen LogP contribution in [0.5, 0.6) is 0 Å². The molecule has 0 aromatic carbocycles. The molecule has 0 atom stereocenters. The first-order chi connectivity index (χ1) is 6.80. The van der Waals surface area contributed by atoms with Crippen molar-refractivity contribution in [3.05, 3.63) is 35.1 Å². The van der Waals surface area contributed by atoms with E-state index in [1.165, 1.54) is 0 Å². The summed E-state index contributed by atoms with van der Waals surface area (Å²) in [4.78, 5) is 0. The molecule has 15 heavy (non-hydrogen) atoms. The van der Waals surface area contributed by atoms with E-state index < -0.39 is 5.60 Å². The highest BCUT2D eigenvalue weighted by Gasteiger charge is 2.38. The molecule has 1 fully saturated rings. The van der Waals surface area contributed by atoms with Crippen molar-refractivity contribution in [3.8, 4) is 0 Å². The van der Waals surface area contributed by atoms with Gasteiger partial charge in [-0.2, -0.15) is 0 Å². The zero-order valence-corrected chi connectivity index (χ0v) is 10.5. The standard InChI is InChI=1S/C11H17BrN2O/c1-7(12)4-10(13)8(2)14-9-5-11(3,15)6-9/h4,9,14-15H,1-2,5-6,13H2,3H3/b10-4+/t9-,11+. The Kier molecular flexibility index (Phi) is 3.62. The van der Waals surface area contributed by atoms with Gasteiger partial charge in [-0.15, -0.1) is 0 Å². The van der Waals surface area contributed by atoms with Crippen LogP contribution in [0.15, 0.2) is 35.1 Å². The molecule has 0 aliphatic heterocycles. The molecular formula is C11H17BrN2O. The van der Waals surface area contributed by atoms with E-state index >= 15 is 0 Å². The molecule has 4 N–H and O–H groups in total. The fourth-order valence-corrected chi connectivity index (χ4v) is 1.94. The average molecular weight is 273 g/mol. The van der Waals surface area contributed by atoms with Crippen LogP contribution in [-0.2, 0) is 0 Å². The SMILES string of the molecule is C=C(Br)/C=C(/N)C(=C)N[C@H]1C[C@@](C)(O)C1. The molecular weight excluding hydrogens is 256 g/mol. The Bertz CT molecular complexity index is 313. The van der Waals surface area contributed by atoms with Crippen molar-refractivity contribution in [1.29, 1.82) is 0 Å². The molecule has 1 rings (SSSR count). The van der Waals surface area contributed by atoms with Gasteiger partial charge in [0.1, 0.15) is 0 Å². The van der Waals surface area contributed by atoms with Gasteiger partial charge >= 0.3 is 0 Å². The first kappa shape index (κ1) is 12.3. The Balaban J connectivity index is 2.41. The fraction of sp³-hybridized carbons (Fsp3) is 0.455. The molecule has 1 aliphatic rings. The monoisotopic (exact) mass is 272 g/mol. The summed E-state index contributed by atoms with van der Waals surface area (Å²) in [7, 11) is 0. The van der Waals surface area contributed by atoms with E-state index in [-0.39, 0.29) is 6.04 Å². The van der Waals surface area contributed by atoms with Gasteiger partial charge in [-0.25, -0.2) is 0 Å². The highest BCUT2D eigenvalue weighted by Crippen LogP contribution is 2.32. The molecule has 4 heteroatoms. The Hall–Kier alpha value is -0.740.